The molecule has 0 aliphatic carbocycles. The third-order valence-corrected chi connectivity index (χ3v) is 12.7. The van der Waals surface area contributed by atoms with Gasteiger partial charge in [0.05, 0.1) is 25.4 Å². The predicted molar refractivity (Wildman–Crippen MR) is 269 cm³/mol. The van der Waals surface area contributed by atoms with Gasteiger partial charge in [0.1, 0.15) is 0 Å². The third kappa shape index (κ3) is 47.8. The molecule has 0 fully saturated rings. The molecule has 6 nitrogen and oxygen atoms in total. The topological polar surface area (TPSA) is 95.9 Å². The minimum absolute atomic E-state index is 0.0179. The van der Waals surface area contributed by atoms with Crippen LogP contribution in [0.4, 0.5) is 0 Å². The Kier molecular flexibility index (Phi) is 50.6. The average Bonchev–Trinajstić information content (AvgIpc) is 3.27. The van der Waals surface area contributed by atoms with Gasteiger partial charge in [-0.15, -0.1) is 0 Å². The average molecular weight is 874 g/mol. The number of aliphatic hydroxyl groups excluding tert-OH is 2. The zero-order valence-electron chi connectivity index (χ0n) is 41.6. The summed E-state index contributed by atoms with van der Waals surface area (Å²) in [5.41, 5.74) is 0. The van der Waals surface area contributed by atoms with E-state index in [-0.39, 0.29) is 18.5 Å². The molecule has 0 aromatic carbocycles. The van der Waals surface area contributed by atoms with Crippen molar-refractivity contribution in [2.45, 2.75) is 309 Å². The second kappa shape index (κ2) is 52.0. The highest BCUT2D eigenvalue weighted by Crippen LogP contribution is 2.16. The summed E-state index contributed by atoms with van der Waals surface area (Å²) in [5, 5.41) is 23.2. The Hall–Kier alpha value is -1.66. The summed E-state index contributed by atoms with van der Waals surface area (Å²) in [5.74, 6) is -0.0674. The Morgan fingerprint density at radius 1 is 0.435 bits per heavy atom. The first-order chi connectivity index (χ1) is 30.5. The Morgan fingerprint density at radius 2 is 0.758 bits per heavy atom. The summed E-state index contributed by atoms with van der Waals surface area (Å²) >= 11 is 0. The molecular weight excluding hydrogens is 767 g/mol. The molecule has 0 aliphatic rings. The molecule has 0 spiro atoms. The zero-order chi connectivity index (χ0) is 45.1. The molecular formula is C56H107NO5. The van der Waals surface area contributed by atoms with Gasteiger partial charge in [0.2, 0.25) is 5.91 Å². The maximum atomic E-state index is 12.5. The maximum Gasteiger partial charge on any atom is 0.305 e. The van der Waals surface area contributed by atoms with Crippen molar-refractivity contribution in [1.82, 2.24) is 5.32 Å². The first-order valence-corrected chi connectivity index (χ1v) is 27.6. The fourth-order valence-electron chi connectivity index (χ4n) is 8.45. The monoisotopic (exact) mass is 874 g/mol. The molecule has 3 N–H and O–H groups in total. The van der Waals surface area contributed by atoms with Crippen LogP contribution in [0.2, 0.25) is 0 Å². The van der Waals surface area contributed by atoms with Gasteiger partial charge in [-0.3, -0.25) is 9.59 Å². The van der Waals surface area contributed by atoms with E-state index in [0.29, 0.717) is 25.9 Å². The molecule has 0 radical (unpaired) electrons. The van der Waals surface area contributed by atoms with Gasteiger partial charge in [0.15, 0.2) is 0 Å². The van der Waals surface area contributed by atoms with Crippen molar-refractivity contribution in [3.8, 4) is 0 Å². The van der Waals surface area contributed by atoms with Crippen LogP contribution in [0, 0.1) is 0 Å². The molecule has 0 rings (SSSR count). The molecule has 0 aromatic rings. The summed E-state index contributed by atoms with van der Waals surface area (Å²) < 4.78 is 5.45. The van der Waals surface area contributed by atoms with Crippen molar-refractivity contribution in [1.29, 1.82) is 0 Å². The van der Waals surface area contributed by atoms with Crippen molar-refractivity contribution < 1.29 is 24.5 Å². The van der Waals surface area contributed by atoms with Gasteiger partial charge < -0.3 is 20.3 Å². The van der Waals surface area contributed by atoms with Crippen LogP contribution in [0.1, 0.15) is 296 Å². The van der Waals surface area contributed by atoms with Crippen molar-refractivity contribution in [2.24, 2.45) is 0 Å². The van der Waals surface area contributed by atoms with Crippen LogP contribution in [0.3, 0.4) is 0 Å². The highest BCUT2D eigenvalue weighted by molar-refractivity contribution is 5.76. The lowest BCUT2D eigenvalue weighted by Gasteiger charge is -2.22. The van der Waals surface area contributed by atoms with E-state index in [2.05, 4.69) is 43.5 Å². The van der Waals surface area contributed by atoms with Crippen molar-refractivity contribution in [3.63, 3.8) is 0 Å². The van der Waals surface area contributed by atoms with E-state index in [1.807, 2.05) is 0 Å². The number of aliphatic hydroxyl groups is 2. The fraction of sp³-hybridized carbons (Fsp3) is 0.893. The zero-order valence-corrected chi connectivity index (χ0v) is 41.6. The van der Waals surface area contributed by atoms with E-state index in [4.69, 9.17) is 4.74 Å². The van der Waals surface area contributed by atoms with Gasteiger partial charge in [-0.05, 0) is 77.0 Å². The van der Waals surface area contributed by atoms with Gasteiger partial charge in [-0.1, -0.05) is 231 Å². The third-order valence-electron chi connectivity index (χ3n) is 12.7. The number of carbonyl (C=O) groups is 2. The van der Waals surface area contributed by atoms with Gasteiger partial charge in [0, 0.05) is 12.8 Å². The Balaban J connectivity index is 3.48. The molecule has 0 aliphatic heterocycles. The van der Waals surface area contributed by atoms with Gasteiger partial charge in [0.25, 0.3) is 0 Å². The van der Waals surface area contributed by atoms with Crippen LogP contribution >= 0.6 is 0 Å². The summed E-state index contributed by atoms with van der Waals surface area (Å²) in [7, 11) is 0. The number of ether oxygens (including phenoxy) is 1. The predicted octanol–water partition coefficient (Wildman–Crippen LogP) is 16.7. The molecule has 0 aromatic heterocycles. The number of esters is 1. The van der Waals surface area contributed by atoms with E-state index in [0.717, 1.165) is 70.6 Å². The summed E-state index contributed by atoms with van der Waals surface area (Å²) in [6, 6.07) is -0.552. The number of carbonyl (C=O) groups excluding carboxylic acids is 2. The standard InChI is InChI=1S/C56H107NO5/c1-3-5-7-9-11-13-15-17-20-24-28-32-36-40-44-48-54(59)53(52-58)57-55(60)49-45-41-37-33-29-25-22-19-23-27-31-35-39-43-47-51-62-56(61)50-46-42-38-34-30-26-21-18-16-14-12-10-8-6-4-2/h18,21,23,27,53-54,58-59H,3-17,19-20,22,24-26,28-52H2,1-2H3,(H,57,60)/b21-18-,27-23-. The molecule has 6 heteroatoms. The van der Waals surface area contributed by atoms with Crippen LogP contribution in [0.5, 0.6) is 0 Å². The normalized spacial score (nSPS) is 12.8. The van der Waals surface area contributed by atoms with Crippen LogP contribution in [0.15, 0.2) is 24.3 Å². The van der Waals surface area contributed by atoms with Crippen molar-refractivity contribution in [2.75, 3.05) is 13.2 Å². The molecule has 62 heavy (non-hydrogen) atoms. The smallest absolute Gasteiger partial charge is 0.305 e. The van der Waals surface area contributed by atoms with E-state index in [1.54, 1.807) is 0 Å². The highest BCUT2D eigenvalue weighted by Gasteiger charge is 2.20. The number of hydrogen-bond donors (Lipinski definition) is 3. The maximum absolute atomic E-state index is 12.5. The minimum Gasteiger partial charge on any atom is -0.466 e. The van der Waals surface area contributed by atoms with Crippen LogP contribution in [-0.4, -0.2) is 47.4 Å². The molecule has 0 saturated heterocycles. The second-order valence-corrected chi connectivity index (χ2v) is 18.9. The molecule has 2 atom stereocenters. The van der Waals surface area contributed by atoms with E-state index in [1.165, 1.54) is 193 Å². The number of rotatable bonds is 51. The van der Waals surface area contributed by atoms with E-state index in [9.17, 15) is 19.8 Å². The highest BCUT2D eigenvalue weighted by atomic mass is 16.5. The summed E-state index contributed by atoms with van der Waals surface area (Å²) in [6.45, 7) is 4.91. The van der Waals surface area contributed by atoms with Crippen LogP contribution < -0.4 is 5.32 Å². The molecule has 0 bridgehead atoms. The lowest BCUT2D eigenvalue weighted by atomic mass is 10.0. The lowest BCUT2D eigenvalue weighted by Crippen LogP contribution is -2.45. The van der Waals surface area contributed by atoms with Crippen LogP contribution in [-0.2, 0) is 14.3 Å². The van der Waals surface area contributed by atoms with Gasteiger partial charge >= 0.3 is 5.97 Å². The van der Waals surface area contributed by atoms with Crippen LogP contribution in [0.25, 0.3) is 0 Å². The van der Waals surface area contributed by atoms with Gasteiger partial charge in [-0.2, -0.15) is 0 Å². The molecule has 1 amide bonds. The second-order valence-electron chi connectivity index (χ2n) is 18.9. The first kappa shape index (κ1) is 60.3. The molecule has 366 valence electrons. The molecule has 2 unspecified atom stereocenters. The first-order valence-electron chi connectivity index (χ1n) is 27.6. The van der Waals surface area contributed by atoms with E-state index >= 15 is 0 Å². The molecule has 0 saturated carbocycles. The number of unbranched alkanes of at least 4 members (excludes halogenated alkanes) is 36. The number of hydrogen-bond acceptors (Lipinski definition) is 5. The summed E-state index contributed by atoms with van der Waals surface area (Å²) in [4.78, 5) is 24.5. The quantitative estimate of drug-likeness (QED) is 0.0321. The Labute approximate surface area is 386 Å². The lowest BCUT2D eigenvalue weighted by molar-refractivity contribution is -0.143. The van der Waals surface area contributed by atoms with Crippen molar-refractivity contribution in [3.05, 3.63) is 24.3 Å². The Bertz CT molecular complexity index is 966. The number of nitrogens with one attached hydrogen (secondary N) is 1. The van der Waals surface area contributed by atoms with Gasteiger partial charge in [-0.25, -0.2) is 0 Å². The largest absolute Gasteiger partial charge is 0.466 e. The summed E-state index contributed by atoms with van der Waals surface area (Å²) in [6.07, 6.45) is 61.5. The van der Waals surface area contributed by atoms with Crippen molar-refractivity contribution >= 4 is 11.9 Å². The SMILES string of the molecule is CCCCCCCC/C=C\CCCCCCCC(=O)OCCCCCC/C=C\CCCCCCCCCC(=O)NC(CO)C(O)CCCCCCCCCCCCCCCCC. The minimum atomic E-state index is -0.674. The number of allylic oxidation sites excluding steroid dienone is 4. The molecule has 0 heterocycles. The Morgan fingerprint density at radius 3 is 1.15 bits per heavy atom. The number of amides is 1. The fourth-order valence-corrected chi connectivity index (χ4v) is 8.45. The van der Waals surface area contributed by atoms with E-state index < -0.39 is 12.1 Å².